The van der Waals surface area contributed by atoms with Gasteiger partial charge in [-0.3, -0.25) is 4.79 Å². The highest BCUT2D eigenvalue weighted by atomic mass is 16.5. The molecule has 3 N–H and O–H groups in total. The summed E-state index contributed by atoms with van der Waals surface area (Å²) >= 11 is 0. The Morgan fingerprint density at radius 3 is 2.95 bits per heavy atom. The van der Waals surface area contributed by atoms with Crippen molar-refractivity contribution in [3.05, 3.63) is 34.9 Å². The van der Waals surface area contributed by atoms with E-state index in [4.69, 9.17) is 10.5 Å². The number of rotatable bonds is 3. The molecule has 2 atom stereocenters. The summed E-state index contributed by atoms with van der Waals surface area (Å²) in [6.45, 7) is 2.28. The average molecular weight is 286 g/mol. The van der Waals surface area contributed by atoms with Crippen LogP contribution in [-0.2, 0) is 4.74 Å². The van der Waals surface area contributed by atoms with Gasteiger partial charge in [-0.15, -0.1) is 0 Å². The highest BCUT2D eigenvalue weighted by Gasteiger charge is 2.28. The van der Waals surface area contributed by atoms with Crippen LogP contribution in [0.15, 0.2) is 18.2 Å². The summed E-state index contributed by atoms with van der Waals surface area (Å²) < 4.78 is 5.40. The molecule has 0 saturated heterocycles. The highest BCUT2D eigenvalue weighted by molar-refractivity contribution is 5.94. The molecule has 4 heteroatoms. The number of carbonyl (C=O) groups is 1. The maximum absolute atomic E-state index is 12.3. The Morgan fingerprint density at radius 1 is 1.48 bits per heavy atom. The summed E-state index contributed by atoms with van der Waals surface area (Å²) in [5, 5.41) is 3.07. The molecule has 1 aromatic carbocycles. The van der Waals surface area contributed by atoms with E-state index < -0.39 is 0 Å². The molecule has 21 heavy (non-hydrogen) atoms. The first-order valence-electron chi connectivity index (χ1n) is 7.29. The van der Waals surface area contributed by atoms with Crippen LogP contribution >= 0.6 is 0 Å². The molecule has 0 aromatic heterocycles. The summed E-state index contributed by atoms with van der Waals surface area (Å²) in [5.41, 5.74) is 7.93. The Morgan fingerprint density at radius 2 is 2.29 bits per heavy atom. The number of benzene rings is 1. The number of methoxy groups -OCH3 is 1. The highest BCUT2D eigenvalue weighted by Crippen LogP contribution is 2.22. The third kappa shape index (κ3) is 3.84. The van der Waals surface area contributed by atoms with E-state index in [1.165, 1.54) is 0 Å². The SMILES string of the molecule is COC1CCCC1NC(=O)c1ccc(C#CCN)c(C)c1. The lowest BCUT2D eigenvalue weighted by Gasteiger charge is -2.19. The molecular weight excluding hydrogens is 264 g/mol. The number of ether oxygens (including phenoxy) is 1. The molecule has 0 bridgehead atoms. The van der Waals surface area contributed by atoms with Gasteiger partial charge in [0.25, 0.3) is 5.91 Å². The minimum atomic E-state index is -0.0506. The standard InChI is InChI=1S/C17H22N2O2/c1-12-11-14(9-8-13(12)5-4-10-18)17(20)19-15-6-3-7-16(15)21-2/h8-9,11,15-16H,3,6-7,10,18H2,1-2H3,(H,19,20). The van der Waals surface area contributed by atoms with Crippen LogP contribution in [0.25, 0.3) is 0 Å². The van der Waals surface area contributed by atoms with Crippen molar-refractivity contribution in [1.29, 1.82) is 0 Å². The molecule has 1 saturated carbocycles. The molecule has 2 rings (SSSR count). The largest absolute Gasteiger partial charge is 0.379 e. The van der Waals surface area contributed by atoms with Gasteiger partial charge in [-0.1, -0.05) is 11.8 Å². The molecular formula is C17H22N2O2. The van der Waals surface area contributed by atoms with Gasteiger partial charge >= 0.3 is 0 Å². The third-order valence-electron chi connectivity index (χ3n) is 3.89. The molecule has 0 radical (unpaired) electrons. The van der Waals surface area contributed by atoms with Crippen LogP contribution in [0.1, 0.15) is 40.7 Å². The van der Waals surface area contributed by atoms with Gasteiger partial charge in [-0.2, -0.15) is 0 Å². The Hall–Kier alpha value is -1.83. The second-order valence-electron chi connectivity index (χ2n) is 5.32. The second kappa shape index (κ2) is 7.26. The van der Waals surface area contributed by atoms with Gasteiger partial charge in [0, 0.05) is 18.2 Å². The fourth-order valence-corrected chi connectivity index (χ4v) is 2.72. The number of carbonyl (C=O) groups excluding carboxylic acids is 1. The molecule has 4 nitrogen and oxygen atoms in total. The lowest BCUT2D eigenvalue weighted by atomic mass is 10.0. The molecule has 112 valence electrons. The zero-order chi connectivity index (χ0) is 15.2. The molecule has 1 aliphatic rings. The lowest BCUT2D eigenvalue weighted by molar-refractivity contribution is 0.0722. The Bertz CT molecular complexity index is 572. The Kier molecular flexibility index (Phi) is 5.38. The quantitative estimate of drug-likeness (QED) is 0.830. The topological polar surface area (TPSA) is 64.3 Å². The van der Waals surface area contributed by atoms with Crippen molar-refractivity contribution in [2.75, 3.05) is 13.7 Å². The predicted octanol–water partition coefficient (Wildman–Crippen LogP) is 1.60. The number of aryl methyl sites for hydroxylation is 1. The van der Waals surface area contributed by atoms with Gasteiger partial charge in [0.1, 0.15) is 0 Å². The van der Waals surface area contributed by atoms with Gasteiger partial charge in [-0.25, -0.2) is 0 Å². The average Bonchev–Trinajstić information content (AvgIpc) is 2.93. The number of nitrogens with two attached hydrogens (primary N) is 1. The fourth-order valence-electron chi connectivity index (χ4n) is 2.72. The van der Waals surface area contributed by atoms with E-state index in [1.54, 1.807) is 13.2 Å². The van der Waals surface area contributed by atoms with E-state index in [-0.39, 0.29) is 18.1 Å². The van der Waals surface area contributed by atoms with E-state index in [0.29, 0.717) is 12.1 Å². The molecule has 0 aliphatic heterocycles. The van der Waals surface area contributed by atoms with Gasteiger partial charge in [-0.05, 0) is 49.9 Å². The van der Waals surface area contributed by atoms with Gasteiger partial charge in [0.2, 0.25) is 0 Å². The molecule has 0 heterocycles. The van der Waals surface area contributed by atoms with Crippen molar-refractivity contribution >= 4 is 5.91 Å². The minimum Gasteiger partial charge on any atom is -0.379 e. The summed E-state index contributed by atoms with van der Waals surface area (Å²) in [6, 6.07) is 5.65. The number of amides is 1. The first kappa shape index (κ1) is 15.6. The molecule has 1 aliphatic carbocycles. The zero-order valence-electron chi connectivity index (χ0n) is 12.6. The third-order valence-corrected chi connectivity index (χ3v) is 3.89. The van der Waals surface area contributed by atoms with Crippen LogP contribution in [0, 0.1) is 18.8 Å². The molecule has 1 aromatic rings. The van der Waals surface area contributed by atoms with Crippen molar-refractivity contribution in [3.8, 4) is 11.8 Å². The van der Waals surface area contributed by atoms with Crippen LogP contribution in [0.5, 0.6) is 0 Å². The van der Waals surface area contributed by atoms with Crippen molar-refractivity contribution in [2.24, 2.45) is 5.73 Å². The monoisotopic (exact) mass is 286 g/mol. The maximum atomic E-state index is 12.3. The smallest absolute Gasteiger partial charge is 0.251 e. The van der Waals surface area contributed by atoms with Crippen molar-refractivity contribution < 1.29 is 9.53 Å². The number of hydrogen-bond donors (Lipinski definition) is 2. The summed E-state index contributed by atoms with van der Waals surface area (Å²) in [7, 11) is 1.70. The van der Waals surface area contributed by atoms with E-state index >= 15 is 0 Å². The van der Waals surface area contributed by atoms with E-state index in [2.05, 4.69) is 17.2 Å². The number of nitrogens with one attached hydrogen (secondary N) is 1. The Labute approximate surface area is 126 Å². The number of hydrogen-bond acceptors (Lipinski definition) is 3. The van der Waals surface area contributed by atoms with Crippen molar-refractivity contribution in [1.82, 2.24) is 5.32 Å². The molecule has 1 fully saturated rings. The van der Waals surface area contributed by atoms with Crippen LogP contribution in [-0.4, -0.2) is 31.7 Å². The van der Waals surface area contributed by atoms with Crippen LogP contribution in [0.4, 0.5) is 0 Å². The van der Waals surface area contributed by atoms with E-state index in [0.717, 1.165) is 30.4 Å². The zero-order valence-corrected chi connectivity index (χ0v) is 12.6. The van der Waals surface area contributed by atoms with Crippen LogP contribution in [0.3, 0.4) is 0 Å². The summed E-state index contributed by atoms with van der Waals surface area (Å²) in [4.78, 5) is 12.3. The Balaban J connectivity index is 2.07. The minimum absolute atomic E-state index is 0.0506. The maximum Gasteiger partial charge on any atom is 0.251 e. The van der Waals surface area contributed by atoms with Gasteiger partial charge in [0.15, 0.2) is 0 Å². The predicted molar refractivity (Wildman–Crippen MR) is 83.0 cm³/mol. The van der Waals surface area contributed by atoms with Crippen LogP contribution in [0.2, 0.25) is 0 Å². The normalized spacial score (nSPS) is 20.7. The summed E-state index contributed by atoms with van der Waals surface area (Å²) in [6.07, 6.45) is 3.21. The van der Waals surface area contributed by atoms with Crippen molar-refractivity contribution in [2.45, 2.75) is 38.3 Å². The van der Waals surface area contributed by atoms with Gasteiger partial charge < -0.3 is 15.8 Å². The van der Waals surface area contributed by atoms with Gasteiger partial charge in [0.05, 0.1) is 18.7 Å². The first-order valence-corrected chi connectivity index (χ1v) is 7.29. The molecule has 0 spiro atoms. The van der Waals surface area contributed by atoms with E-state index in [9.17, 15) is 4.79 Å². The second-order valence-corrected chi connectivity index (χ2v) is 5.32. The molecule has 1 amide bonds. The van der Waals surface area contributed by atoms with Crippen LogP contribution < -0.4 is 11.1 Å². The fraction of sp³-hybridized carbons (Fsp3) is 0.471. The van der Waals surface area contributed by atoms with Crippen molar-refractivity contribution in [3.63, 3.8) is 0 Å². The summed E-state index contributed by atoms with van der Waals surface area (Å²) in [5.74, 6) is 5.78. The molecule has 2 unspecified atom stereocenters. The first-order chi connectivity index (χ1) is 10.2. The van der Waals surface area contributed by atoms with E-state index in [1.807, 2.05) is 19.1 Å². The lowest BCUT2D eigenvalue weighted by Crippen LogP contribution is -2.40.